The number of carbonyl (C=O) groups excluding carboxylic acids is 3. The summed E-state index contributed by atoms with van der Waals surface area (Å²) in [7, 11) is 0. The molecular formula is C26H26F3N3O3. The lowest BCUT2D eigenvalue weighted by Crippen LogP contribution is -2.52. The molecule has 0 aliphatic carbocycles. The van der Waals surface area contributed by atoms with E-state index in [1.807, 2.05) is 12.1 Å². The van der Waals surface area contributed by atoms with E-state index in [-0.39, 0.29) is 18.2 Å². The smallest absolute Gasteiger partial charge is 0.322 e. The summed E-state index contributed by atoms with van der Waals surface area (Å²) in [4.78, 5) is 40.4. The Morgan fingerprint density at radius 3 is 2.31 bits per heavy atom. The molecule has 2 aromatic rings. The summed E-state index contributed by atoms with van der Waals surface area (Å²) in [6.07, 6.45) is -1.91. The van der Waals surface area contributed by atoms with Gasteiger partial charge in [0, 0.05) is 25.1 Å². The number of fused-ring (bicyclic) bond motifs is 1. The Labute approximate surface area is 201 Å². The molecule has 0 saturated carbocycles. The molecule has 3 aliphatic rings. The number of amides is 3. The fourth-order valence-electron chi connectivity index (χ4n) is 5.33. The number of imide groups is 1. The highest BCUT2D eigenvalue weighted by atomic mass is 19.4. The predicted octanol–water partition coefficient (Wildman–Crippen LogP) is 3.85. The van der Waals surface area contributed by atoms with Crippen LogP contribution in [0.25, 0.3) is 0 Å². The zero-order valence-electron chi connectivity index (χ0n) is 19.1. The molecule has 1 N–H and O–H groups in total. The average molecular weight is 486 g/mol. The zero-order chi connectivity index (χ0) is 24.7. The highest BCUT2D eigenvalue weighted by Gasteiger charge is 2.39. The van der Waals surface area contributed by atoms with E-state index in [0.29, 0.717) is 31.0 Å². The van der Waals surface area contributed by atoms with Crippen LogP contribution in [0.2, 0.25) is 0 Å². The number of likely N-dealkylation sites (tertiary alicyclic amines) is 1. The summed E-state index contributed by atoms with van der Waals surface area (Å²) in [5.41, 5.74) is 2.91. The van der Waals surface area contributed by atoms with Crippen molar-refractivity contribution in [2.24, 2.45) is 0 Å². The first-order chi connectivity index (χ1) is 16.7. The van der Waals surface area contributed by atoms with Gasteiger partial charge >= 0.3 is 6.18 Å². The van der Waals surface area contributed by atoms with E-state index in [0.717, 1.165) is 54.8 Å². The molecule has 6 nitrogen and oxygen atoms in total. The van der Waals surface area contributed by atoms with Crippen LogP contribution in [0.1, 0.15) is 64.2 Å². The summed E-state index contributed by atoms with van der Waals surface area (Å²) >= 11 is 0. The molecule has 0 bridgehead atoms. The van der Waals surface area contributed by atoms with Gasteiger partial charge in [-0.2, -0.15) is 13.2 Å². The number of nitrogens with one attached hydrogen (secondary N) is 1. The number of halogens is 3. The molecule has 1 atom stereocenters. The van der Waals surface area contributed by atoms with Crippen molar-refractivity contribution in [2.45, 2.75) is 56.9 Å². The minimum absolute atomic E-state index is 0.174. The largest absolute Gasteiger partial charge is 0.416 e. The van der Waals surface area contributed by atoms with Crippen LogP contribution >= 0.6 is 0 Å². The molecule has 35 heavy (non-hydrogen) atoms. The van der Waals surface area contributed by atoms with Crippen molar-refractivity contribution in [3.8, 4) is 0 Å². The van der Waals surface area contributed by atoms with Crippen LogP contribution in [0.4, 0.5) is 13.2 Å². The highest BCUT2D eigenvalue weighted by Crippen LogP contribution is 2.34. The monoisotopic (exact) mass is 485 g/mol. The van der Waals surface area contributed by atoms with Crippen molar-refractivity contribution in [1.29, 1.82) is 0 Å². The molecule has 9 heteroatoms. The number of piperidine rings is 2. The zero-order valence-corrected chi connectivity index (χ0v) is 19.1. The van der Waals surface area contributed by atoms with Gasteiger partial charge in [0.15, 0.2) is 0 Å². The summed E-state index contributed by atoms with van der Waals surface area (Å²) in [6, 6.07) is 10.6. The fraction of sp³-hybridized carbons (Fsp3) is 0.423. The van der Waals surface area contributed by atoms with Gasteiger partial charge in [-0.05, 0) is 73.2 Å². The van der Waals surface area contributed by atoms with E-state index in [2.05, 4.69) is 16.3 Å². The summed E-state index contributed by atoms with van der Waals surface area (Å²) < 4.78 is 38.3. The molecule has 0 spiro atoms. The molecule has 0 aromatic heterocycles. The van der Waals surface area contributed by atoms with Crippen LogP contribution in [0.3, 0.4) is 0 Å². The van der Waals surface area contributed by atoms with Gasteiger partial charge < -0.3 is 4.90 Å². The minimum Gasteiger partial charge on any atom is -0.322 e. The van der Waals surface area contributed by atoms with E-state index in [4.69, 9.17) is 0 Å². The molecule has 2 saturated heterocycles. The van der Waals surface area contributed by atoms with Gasteiger partial charge in [0.2, 0.25) is 11.8 Å². The molecule has 2 aromatic carbocycles. The number of carbonyl (C=O) groups is 3. The number of nitrogens with zero attached hydrogens (tertiary/aromatic N) is 2. The maximum Gasteiger partial charge on any atom is 0.416 e. The molecule has 3 amide bonds. The lowest BCUT2D eigenvalue weighted by Gasteiger charge is -2.32. The van der Waals surface area contributed by atoms with Crippen LogP contribution in [0, 0.1) is 0 Å². The van der Waals surface area contributed by atoms with E-state index in [1.54, 1.807) is 17.0 Å². The van der Waals surface area contributed by atoms with Crippen molar-refractivity contribution in [3.05, 3.63) is 70.3 Å². The fourth-order valence-corrected chi connectivity index (χ4v) is 5.33. The van der Waals surface area contributed by atoms with Crippen molar-refractivity contribution >= 4 is 17.7 Å². The van der Waals surface area contributed by atoms with E-state index >= 15 is 0 Å². The lowest BCUT2D eigenvalue weighted by atomic mass is 9.87. The van der Waals surface area contributed by atoms with Crippen molar-refractivity contribution in [1.82, 2.24) is 15.1 Å². The Morgan fingerprint density at radius 1 is 0.943 bits per heavy atom. The summed E-state index contributed by atoms with van der Waals surface area (Å²) in [5.74, 6) is -0.554. The Morgan fingerprint density at radius 2 is 1.66 bits per heavy atom. The third-order valence-corrected chi connectivity index (χ3v) is 7.29. The van der Waals surface area contributed by atoms with E-state index < -0.39 is 23.7 Å². The van der Waals surface area contributed by atoms with Crippen LogP contribution in [-0.2, 0) is 28.9 Å². The molecular weight excluding hydrogens is 459 g/mol. The lowest BCUT2D eigenvalue weighted by molar-refractivity contribution is -0.138. The first-order valence-electron chi connectivity index (χ1n) is 11.8. The Balaban J connectivity index is 1.19. The SMILES string of the molecule is O=C1CCC(N2Cc3cc(C4CCN(Cc5ccc(C(F)(F)F)cc5)CC4)ccc3C2=O)C(=O)N1. The molecule has 5 rings (SSSR count). The first-order valence-corrected chi connectivity index (χ1v) is 11.8. The van der Waals surface area contributed by atoms with Crippen molar-refractivity contribution in [3.63, 3.8) is 0 Å². The molecule has 184 valence electrons. The second-order valence-corrected chi connectivity index (χ2v) is 9.56. The molecule has 0 radical (unpaired) electrons. The molecule has 2 fully saturated rings. The third-order valence-electron chi connectivity index (χ3n) is 7.29. The number of hydrogen-bond acceptors (Lipinski definition) is 4. The average Bonchev–Trinajstić information content (AvgIpc) is 3.15. The van der Waals surface area contributed by atoms with E-state index in [1.165, 1.54) is 0 Å². The summed E-state index contributed by atoms with van der Waals surface area (Å²) in [6.45, 7) is 2.65. The second-order valence-electron chi connectivity index (χ2n) is 9.56. The molecule has 3 aliphatic heterocycles. The Bertz CT molecular complexity index is 1150. The third kappa shape index (κ3) is 4.82. The van der Waals surface area contributed by atoms with Crippen LogP contribution in [-0.4, -0.2) is 46.7 Å². The normalized spacial score (nSPS) is 21.9. The maximum atomic E-state index is 12.9. The molecule has 1 unspecified atom stereocenters. The van der Waals surface area contributed by atoms with Gasteiger partial charge in [-0.3, -0.25) is 24.6 Å². The Kier molecular flexibility index (Phi) is 6.13. The van der Waals surface area contributed by atoms with Gasteiger partial charge in [-0.25, -0.2) is 0 Å². The molecule has 3 heterocycles. The number of benzene rings is 2. The minimum atomic E-state index is -4.32. The van der Waals surface area contributed by atoms with Gasteiger partial charge in [-0.15, -0.1) is 0 Å². The number of rotatable bonds is 4. The van der Waals surface area contributed by atoms with Gasteiger partial charge in [-0.1, -0.05) is 24.3 Å². The van der Waals surface area contributed by atoms with Crippen molar-refractivity contribution < 1.29 is 27.6 Å². The topological polar surface area (TPSA) is 69.7 Å². The number of hydrogen-bond donors (Lipinski definition) is 1. The van der Waals surface area contributed by atoms with Crippen molar-refractivity contribution in [2.75, 3.05) is 13.1 Å². The van der Waals surface area contributed by atoms with Gasteiger partial charge in [0.1, 0.15) is 6.04 Å². The summed E-state index contributed by atoms with van der Waals surface area (Å²) in [5, 5.41) is 2.32. The van der Waals surface area contributed by atoms with Crippen LogP contribution < -0.4 is 5.32 Å². The van der Waals surface area contributed by atoms with Crippen LogP contribution in [0.15, 0.2) is 42.5 Å². The maximum absolute atomic E-state index is 12.9. The van der Waals surface area contributed by atoms with Crippen LogP contribution in [0.5, 0.6) is 0 Å². The first kappa shape index (κ1) is 23.5. The predicted molar refractivity (Wildman–Crippen MR) is 121 cm³/mol. The van der Waals surface area contributed by atoms with Gasteiger partial charge in [0.05, 0.1) is 5.56 Å². The van der Waals surface area contributed by atoms with Gasteiger partial charge in [0.25, 0.3) is 5.91 Å². The quantitative estimate of drug-likeness (QED) is 0.669. The Hall–Kier alpha value is -3.20. The number of alkyl halides is 3. The standard InChI is InChI=1S/C26H26F3N3O3/c27-26(28,29)20-4-1-16(2-5-20)14-31-11-9-17(10-12-31)18-3-6-21-19(13-18)15-32(25(21)35)22-7-8-23(33)30-24(22)34/h1-6,13,17,22H,7-12,14-15H2,(H,30,33,34). The highest BCUT2D eigenvalue weighted by molar-refractivity contribution is 6.05. The van der Waals surface area contributed by atoms with E-state index in [9.17, 15) is 27.6 Å². The second kappa shape index (κ2) is 9.11.